The van der Waals surface area contributed by atoms with Crippen LogP contribution in [-0.4, -0.2) is 25.2 Å². The Morgan fingerprint density at radius 3 is 2.88 bits per heavy atom. The third-order valence-electron chi connectivity index (χ3n) is 4.80. The largest absolute Gasteiger partial charge is 0.306 e. The first kappa shape index (κ1) is 16.0. The van der Waals surface area contributed by atoms with Gasteiger partial charge in [-0.05, 0) is 25.3 Å². The second-order valence-electron chi connectivity index (χ2n) is 6.45. The van der Waals surface area contributed by atoms with Gasteiger partial charge >= 0.3 is 0 Å². The third kappa shape index (κ3) is 2.66. The molecule has 3 aromatic heterocycles. The van der Waals surface area contributed by atoms with Crippen molar-refractivity contribution < 1.29 is 4.79 Å². The highest BCUT2D eigenvalue weighted by Crippen LogP contribution is 2.32. The number of nitrogens with zero attached hydrogens (tertiary/aromatic N) is 4. The summed E-state index contributed by atoms with van der Waals surface area (Å²) in [5.41, 5.74) is 0.548. The Kier molecular flexibility index (Phi) is 3.91. The van der Waals surface area contributed by atoms with E-state index in [0.29, 0.717) is 32.5 Å². The number of nitrogens with one attached hydrogen (secondary N) is 1. The van der Waals surface area contributed by atoms with Crippen molar-refractivity contribution >= 4 is 33.3 Å². The first-order valence-electron chi connectivity index (χ1n) is 8.36. The monoisotopic (exact) mass is 357 g/mol. The van der Waals surface area contributed by atoms with Crippen LogP contribution < -0.4 is 10.9 Å². The zero-order valence-electron chi connectivity index (χ0n) is 14.2. The summed E-state index contributed by atoms with van der Waals surface area (Å²) in [6.45, 7) is 1.80. The van der Waals surface area contributed by atoms with E-state index >= 15 is 0 Å². The lowest BCUT2D eigenvalue weighted by Crippen LogP contribution is -2.18. The minimum Gasteiger partial charge on any atom is -0.306 e. The van der Waals surface area contributed by atoms with Crippen molar-refractivity contribution in [2.75, 3.05) is 5.32 Å². The Balaban J connectivity index is 1.67. The zero-order valence-corrected chi connectivity index (χ0v) is 15.0. The van der Waals surface area contributed by atoms with Gasteiger partial charge in [-0.15, -0.1) is 11.3 Å². The van der Waals surface area contributed by atoms with Crippen molar-refractivity contribution in [2.24, 2.45) is 7.05 Å². The fourth-order valence-electron chi connectivity index (χ4n) is 3.45. The number of hydrogen-bond acceptors (Lipinski definition) is 5. The average molecular weight is 357 g/mol. The molecular formula is C17H19N5O2S. The molecule has 0 atom stereocenters. The molecule has 130 valence electrons. The van der Waals surface area contributed by atoms with Gasteiger partial charge in [-0.3, -0.25) is 9.59 Å². The minimum atomic E-state index is -0.220. The maximum atomic E-state index is 12.8. The molecule has 1 aliphatic rings. The highest BCUT2D eigenvalue weighted by atomic mass is 32.1. The van der Waals surface area contributed by atoms with Gasteiger partial charge < -0.3 is 9.88 Å². The molecule has 1 amide bonds. The summed E-state index contributed by atoms with van der Waals surface area (Å²) < 4.78 is 3.34. The van der Waals surface area contributed by atoms with Crippen LogP contribution in [0.25, 0.3) is 10.2 Å². The Morgan fingerprint density at radius 2 is 2.12 bits per heavy atom. The number of carbonyl (C=O) groups excluding carboxylic acids is 1. The SMILES string of the molecule is Cc1c(C(=O)Nc2ccnn2C2CCCC2)sc2ncn(C)c(=O)c12. The third-order valence-corrected chi connectivity index (χ3v) is 6.00. The summed E-state index contributed by atoms with van der Waals surface area (Å²) in [5, 5.41) is 7.85. The summed E-state index contributed by atoms with van der Waals surface area (Å²) in [4.78, 5) is 30.5. The molecule has 3 heterocycles. The second-order valence-corrected chi connectivity index (χ2v) is 7.45. The molecule has 1 aliphatic carbocycles. The number of amides is 1. The number of aryl methyl sites for hydroxylation is 2. The lowest BCUT2D eigenvalue weighted by atomic mass is 10.2. The van der Waals surface area contributed by atoms with Crippen molar-refractivity contribution in [1.82, 2.24) is 19.3 Å². The summed E-state index contributed by atoms with van der Waals surface area (Å²) in [5.74, 6) is 0.483. The zero-order chi connectivity index (χ0) is 17.6. The van der Waals surface area contributed by atoms with Gasteiger partial charge in [-0.1, -0.05) is 12.8 Å². The normalized spacial score (nSPS) is 15.1. The lowest BCUT2D eigenvalue weighted by molar-refractivity contribution is 0.102. The van der Waals surface area contributed by atoms with Gasteiger partial charge in [0.2, 0.25) is 0 Å². The van der Waals surface area contributed by atoms with Crippen LogP contribution in [0.2, 0.25) is 0 Å². The lowest BCUT2D eigenvalue weighted by Gasteiger charge is -2.14. The van der Waals surface area contributed by atoms with E-state index in [1.54, 1.807) is 20.2 Å². The molecule has 0 aromatic carbocycles. The van der Waals surface area contributed by atoms with Gasteiger partial charge in [0.15, 0.2) is 0 Å². The van der Waals surface area contributed by atoms with Gasteiger partial charge in [0, 0.05) is 13.1 Å². The summed E-state index contributed by atoms with van der Waals surface area (Å²) >= 11 is 1.25. The molecule has 0 spiro atoms. The van der Waals surface area contributed by atoms with Gasteiger partial charge in [-0.25, -0.2) is 9.67 Å². The van der Waals surface area contributed by atoms with Gasteiger partial charge in [-0.2, -0.15) is 5.10 Å². The molecular weight excluding hydrogens is 338 g/mol. The highest BCUT2D eigenvalue weighted by molar-refractivity contribution is 7.20. The van der Waals surface area contributed by atoms with E-state index in [9.17, 15) is 9.59 Å². The fourth-order valence-corrected chi connectivity index (χ4v) is 4.49. The van der Waals surface area contributed by atoms with Crippen LogP contribution in [0, 0.1) is 6.92 Å². The Bertz CT molecular complexity index is 1010. The van der Waals surface area contributed by atoms with E-state index in [1.807, 2.05) is 10.7 Å². The molecule has 0 radical (unpaired) electrons. The maximum Gasteiger partial charge on any atom is 0.267 e. The second kappa shape index (κ2) is 6.11. The Morgan fingerprint density at radius 1 is 1.36 bits per heavy atom. The molecule has 0 unspecified atom stereocenters. The van der Waals surface area contributed by atoms with Crippen molar-refractivity contribution in [3.05, 3.63) is 39.4 Å². The molecule has 0 aliphatic heterocycles. The number of thiophene rings is 1. The average Bonchev–Trinajstić information content (AvgIpc) is 3.30. The number of hydrogen-bond donors (Lipinski definition) is 1. The van der Waals surface area contributed by atoms with Crippen molar-refractivity contribution in [1.29, 1.82) is 0 Å². The molecule has 8 heteroatoms. The van der Waals surface area contributed by atoms with E-state index in [1.165, 1.54) is 35.1 Å². The summed E-state index contributed by atoms with van der Waals surface area (Å²) in [7, 11) is 1.66. The molecule has 3 aromatic rings. The van der Waals surface area contributed by atoms with Crippen LogP contribution in [0.5, 0.6) is 0 Å². The van der Waals surface area contributed by atoms with Crippen LogP contribution in [0.15, 0.2) is 23.4 Å². The number of fused-ring (bicyclic) bond motifs is 1. The highest BCUT2D eigenvalue weighted by Gasteiger charge is 2.23. The first-order chi connectivity index (χ1) is 12.1. The van der Waals surface area contributed by atoms with E-state index in [-0.39, 0.29) is 11.5 Å². The van der Waals surface area contributed by atoms with E-state index in [0.717, 1.165) is 12.8 Å². The smallest absolute Gasteiger partial charge is 0.267 e. The van der Waals surface area contributed by atoms with E-state index in [2.05, 4.69) is 15.4 Å². The first-order valence-corrected chi connectivity index (χ1v) is 9.17. The molecule has 0 saturated heterocycles. The minimum absolute atomic E-state index is 0.131. The van der Waals surface area contributed by atoms with Gasteiger partial charge in [0.1, 0.15) is 10.6 Å². The van der Waals surface area contributed by atoms with Crippen molar-refractivity contribution in [3.63, 3.8) is 0 Å². The van der Waals surface area contributed by atoms with Crippen LogP contribution >= 0.6 is 11.3 Å². The number of carbonyl (C=O) groups is 1. The number of anilines is 1. The predicted octanol–water partition coefficient (Wildman–Crippen LogP) is 2.87. The van der Waals surface area contributed by atoms with Crippen LogP contribution in [0.3, 0.4) is 0 Å². The quantitative estimate of drug-likeness (QED) is 0.781. The maximum absolute atomic E-state index is 12.8. The van der Waals surface area contributed by atoms with E-state index < -0.39 is 0 Å². The van der Waals surface area contributed by atoms with Gasteiger partial charge in [0.25, 0.3) is 11.5 Å². The van der Waals surface area contributed by atoms with Crippen LogP contribution in [0.1, 0.15) is 47.0 Å². The van der Waals surface area contributed by atoms with Crippen LogP contribution in [0.4, 0.5) is 5.82 Å². The topological polar surface area (TPSA) is 81.8 Å². The Labute approximate surface area is 148 Å². The predicted molar refractivity (Wildman–Crippen MR) is 97.3 cm³/mol. The molecule has 0 bridgehead atoms. The van der Waals surface area contributed by atoms with Crippen LogP contribution in [-0.2, 0) is 7.05 Å². The summed E-state index contributed by atoms with van der Waals surface area (Å²) in [6, 6.07) is 2.17. The molecule has 1 fully saturated rings. The summed E-state index contributed by atoms with van der Waals surface area (Å²) in [6.07, 6.45) is 7.77. The van der Waals surface area contributed by atoms with E-state index in [4.69, 9.17) is 0 Å². The standard InChI is InChI=1S/C17H19N5O2S/c1-10-13-16(18-9-21(2)17(13)24)25-14(10)15(23)20-12-7-8-19-22(12)11-5-3-4-6-11/h7-9,11H,3-6H2,1-2H3,(H,20,23). The number of rotatable bonds is 3. The number of aromatic nitrogens is 4. The molecule has 1 saturated carbocycles. The molecule has 25 heavy (non-hydrogen) atoms. The molecule has 1 N–H and O–H groups in total. The Hall–Kier alpha value is -2.48. The van der Waals surface area contributed by atoms with Crippen molar-refractivity contribution in [3.8, 4) is 0 Å². The van der Waals surface area contributed by atoms with Crippen molar-refractivity contribution in [2.45, 2.75) is 38.6 Å². The molecule has 7 nitrogen and oxygen atoms in total. The molecule has 4 rings (SSSR count). The van der Waals surface area contributed by atoms with Gasteiger partial charge in [0.05, 0.1) is 28.8 Å². The fraction of sp³-hybridized carbons (Fsp3) is 0.412.